The Labute approximate surface area is 118 Å². The van der Waals surface area contributed by atoms with E-state index in [9.17, 15) is 14.3 Å². The number of carbonyl (C=O) groups is 1. The topological polar surface area (TPSA) is 66.6 Å². The molecule has 2 rings (SSSR count). The van der Waals surface area contributed by atoms with Gasteiger partial charge in [0.25, 0.3) is 0 Å². The third kappa shape index (κ3) is 2.93. The molecule has 110 valence electrons. The largest absolute Gasteiger partial charge is 0.480 e. The molecule has 0 saturated heterocycles. The number of carboxylic acid groups (broad SMARTS) is 1. The van der Waals surface area contributed by atoms with Crippen LogP contribution in [-0.2, 0) is 4.79 Å². The molecule has 0 aromatic heterocycles. The molecule has 0 bridgehead atoms. The van der Waals surface area contributed by atoms with Crippen molar-refractivity contribution in [1.82, 2.24) is 0 Å². The molecule has 0 amide bonds. The van der Waals surface area contributed by atoms with Gasteiger partial charge in [0.2, 0.25) is 0 Å². The second-order valence-electron chi connectivity index (χ2n) is 5.62. The Hall–Kier alpha value is -1.62. The molecule has 0 aliphatic heterocycles. The van der Waals surface area contributed by atoms with Gasteiger partial charge in [0.1, 0.15) is 11.4 Å². The molecule has 0 spiro atoms. The summed E-state index contributed by atoms with van der Waals surface area (Å²) in [5.41, 5.74) is 5.86. The van der Waals surface area contributed by atoms with Crippen LogP contribution >= 0.6 is 0 Å². The van der Waals surface area contributed by atoms with E-state index < -0.39 is 11.5 Å². The van der Waals surface area contributed by atoms with E-state index in [0.717, 1.165) is 24.9 Å². The number of carboxylic acids is 1. The number of aliphatic carboxylic acids is 1. The molecule has 3 N–H and O–H groups in total. The van der Waals surface area contributed by atoms with Crippen LogP contribution in [0.25, 0.3) is 0 Å². The molecule has 1 aliphatic rings. The summed E-state index contributed by atoms with van der Waals surface area (Å²) in [7, 11) is 1.92. The average molecular weight is 280 g/mol. The number of rotatable bonds is 5. The lowest BCUT2D eigenvalue weighted by atomic mass is 9.85. The van der Waals surface area contributed by atoms with E-state index >= 15 is 0 Å². The van der Waals surface area contributed by atoms with E-state index in [2.05, 4.69) is 0 Å². The van der Waals surface area contributed by atoms with Gasteiger partial charge in [-0.05, 0) is 49.4 Å². The third-order valence-corrected chi connectivity index (χ3v) is 4.35. The quantitative estimate of drug-likeness (QED) is 0.868. The molecule has 1 aliphatic carbocycles. The van der Waals surface area contributed by atoms with Gasteiger partial charge in [-0.15, -0.1) is 0 Å². The zero-order chi connectivity index (χ0) is 14.8. The van der Waals surface area contributed by atoms with Crippen molar-refractivity contribution in [2.24, 2.45) is 11.7 Å². The zero-order valence-electron chi connectivity index (χ0n) is 11.7. The van der Waals surface area contributed by atoms with Crippen LogP contribution in [0.15, 0.2) is 24.3 Å². The van der Waals surface area contributed by atoms with Crippen molar-refractivity contribution >= 4 is 11.7 Å². The summed E-state index contributed by atoms with van der Waals surface area (Å²) in [5.74, 6) is -1.16. The summed E-state index contributed by atoms with van der Waals surface area (Å²) in [6, 6.07) is 6.28. The standard InChI is InChI=1S/C15H21FN2O2/c1-18(13-6-4-12(16)5-7-13)10-8-11-3-2-9-15(11,17)14(19)20/h4-7,11H,2-3,8-10,17H2,1H3,(H,19,20). The summed E-state index contributed by atoms with van der Waals surface area (Å²) in [6.07, 6.45) is 3.01. The first-order valence-electron chi connectivity index (χ1n) is 6.92. The van der Waals surface area contributed by atoms with Gasteiger partial charge in [-0.1, -0.05) is 6.42 Å². The first kappa shape index (κ1) is 14.8. The van der Waals surface area contributed by atoms with Crippen molar-refractivity contribution in [2.75, 3.05) is 18.5 Å². The maximum absolute atomic E-state index is 12.9. The van der Waals surface area contributed by atoms with Gasteiger partial charge < -0.3 is 15.7 Å². The predicted octanol–water partition coefficient (Wildman–Crippen LogP) is 2.23. The van der Waals surface area contributed by atoms with Crippen LogP contribution in [0, 0.1) is 11.7 Å². The maximum atomic E-state index is 12.9. The smallest absolute Gasteiger partial charge is 0.323 e. The molecular formula is C15H21FN2O2. The maximum Gasteiger partial charge on any atom is 0.323 e. The molecule has 0 radical (unpaired) electrons. The van der Waals surface area contributed by atoms with E-state index in [-0.39, 0.29) is 11.7 Å². The number of benzene rings is 1. The van der Waals surface area contributed by atoms with Crippen molar-refractivity contribution in [3.8, 4) is 0 Å². The molecule has 1 fully saturated rings. The highest BCUT2D eigenvalue weighted by Gasteiger charge is 2.45. The Balaban J connectivity index is 1.95. The lowest BCUT2D eigenvalue weighted by molar-refractivity contribution is -0.144. The lowest BCUT2D eigenvalue weighted by Gasteiger charge is -2.29. The molecular weight excluding hydrogens is 259 g/mol. The minimum Gasteiger partial charge on any atom is -0.480 e. The van der Waals surface area contributed by atoms with Crippen LogP contribution in [0.1, 0.15) is 25.7 Å². The van der Waals surface area contributed by atoms with Crippen LogP contribution in [0.4, 0.5) is 10.1 Å². The van der Waals surface area contributed by atoms with Gasteiger partial charge in [0.05, 0.1) is 0 Å². The van der Waals surface area contributed by atoms with Crippen molar-refractivity contribution in [1.29, 1.82) is 0 Å². The molecule has 20 heavy (non-hydrogen) atoms. The number of halogens is 1. The van der Waals surface area contributed by atoms with Crippen molar-refractivity contribution < 1.29 is 14.3 Å². The van der Waals surface area contributed by atoms with Gasteiger partial charge in [0.15, 0.2) is 0 Å². The third-order valence-electron chi connectivity index (χ3n) is 4.35. The monoisotopic (exact) mass is 280 g/mol. The van der Waals surface area contributed by atoms with E-state index in [4.69, 9.17) is 5.73 Å². The lowest BCUT2D eigenvalue weighted by Crippen LogP contribution is -2.51. The van der Waals surface area contributed by atoms with Crippen LogP contribution in [-0.4, -0.2) is 30.2 Å². The summed E-state index contributed by atoms with van der Waals surface area (Å²) in [6.45, 7) is 0.711. The van der Waals surface area contributed by atoms with E-state index in [1.54, 1.807) is 12.1 Å². The van der Waals surface area contributed by atoms with Gasteiger partial charge in [0, 0.05) is 19.3 Å². The van der Waals surface area contributed by atoms with Crippen molar-refractivity contribution in [3.63, 3.8) is 0 Å². The Kier molecular flexibility index (Phi) is 4.28. The van der Waals surface area contributed by atoms with Crippen molar-refractivity contribution in [2.45, 2.75) is 31.2 Å². The van der Waals surface area contributed by atoms with Gasteiger partial charge >= 0.3 is 5.97 Å². The first-order valence-corrected chi connectivity index (χ1v) is 6.92. The molecule has 0 heterocycles. The number of hydrogen-bond acceptors (Lipinski definition) is 3. The Morgan fingerprint density at radius 3 is 2.75 bits per heavy atom. The van der Waals surface area contributed by atoms with Gasteiger partial charge in [-0.2, -0.15) is 0 Å². The fraction of sp³-hybridized carbons (Fsp3) is 0.533. The molecule has 2 unspecified atom stereocenters. The molecule has 1 aromatic carbocycles. The van der Waals surface area contributed by atoms with Crippen LogP contribution in [0.3, 0.4) is 0 Å². The fourth-order valence-corrected chi connectivity index (χ4v) is 2.96. The fourth-order valence-electron chi connectivity index (χ4n) is 2.96. The highest BCUT2D eigenvalue weighted by atomic mass is 19.1. The number of anilines is 1. The molecule has 2 atom stereocenters. The van der Waals surface area contributed by atoms with Gasteiger partial charge in [-0.3, -0.25) is 4.79 Å². The normalized spacial score (nSPS) is 25.6. The minimum atomic E-state index is -1.08. The van der Waals surface area contributed by atoms with E-state index in [0.29, 0.717) is 13.0 Å². The second kappa shape index (κ2) is 5.79. The highest BCUT2D eigenvalue weighted by molar-refractivity contribution is 5.79. The molecule has 5 heteroatoms. The zero-order valence-corrected chi connectivity index (χ0v) is 11.7. The number of nitrogens with zero attached hydrogens (tertiary/aromatic N) is 1. The van der Waals surface area contributed by atoms with Crippen LogP contribution in [0.5, 0.6) is 0 Å². The first-order chi connectivity index (χ1) is 9.43. The Bertz CT molecular complexity index is 477. The average Bonchev–Trinajstić information content (AvgIpc) is 2.79. The second-order valence-corrected chi connectivity index (χ2v) is 5.62. The number of hydrogen-bond donors (Lipinski definition) is 2. The summed E-state index contributed by atoms with van der Waals surface area (Å²) in [5, 5.41) is 9.28. The summed E-state index contributed by atoms with van der Waals surface area (Å²) >= 11 is 0. The SMILES string of the molecule is CN(CCC1CCCC1(N)C(=O)O)c1ccc(F)cc1. The Morgan fingerprint density at radius 1 is 1.50 bits per heavy atom. The summed E-state index contributed by atoms with van der Waals surface area (Å²) in [4.78, 5) is 13.3. The minimum absolute atomic E-state index is 0.00268. The Morgan fingerprint density at radius 2 is 2.15 bits per heavy atom. The van der Waals surface area contributed by atoms with Gasteiger partial charge in [-0.25, -0.2) is 4.39 Å². The highest BCUT2D eigenvalue weighted by Crippen LogP contribution is 2.36. The molecule has 4 nitrogen and oxygen atoms in total. The van der Waals surface area contributed by atoms with Crippen LogP contribution in [0.2, 0.25) is 0 Å². The summed E-state index contributed by atoms with van der Waals surface area (Å²) < 4.78 is 12.9. The van der Waals surface area contributed by atoms with E-state index in [1.165, 1.54) is 12.1 Å². The predicted molar refractivity (Wildman–Crippen MR) is 76.2 cm³/mol. The molecule has 1 aromatic rings. The molecule has 1 saturated carbocycles. The number of nitrogens with two attached hydrogens (primary N) is 1. The van der Waals surface area contributed by atoms with E-state index in [1.807, 2.05) is 11.9 Å². The van der Waals surface area contributed by atoms with Crippen LogP contribution < -0.4 is 10.6 Å². The van der Waals surface area contributed by atoms with Crippen molar-refractivity contribution in [3.05, 3.63) is 30.1 Å².